The van der Waals surface area contributed by atoms with Gasteiger partial charge in [0.05, 0.1) is 12.7 Å². The summed E-state index contributed by atoms with van der Waals surface area (Å²) >= 11 is 0. The number of carbonyl (C=O) groups excluding carboxylic acids is 1. The summed E-state index contributed by atoms with van der Waals surface area (Å²) in [6.07, 6.45) is 3.98. The van der Waals surface area contributed by atoms with Gasteiger partial charge in [0.25, 0.3) is 0 Å². The van der Waals surface area contributed by atoms with Crippen molar-refractivity contribution >= 4 is 5.78 Å². The molecule has 0 aromatic rings. The maximum atomic E-state index is 12.1. The molecule has 5 atom stereocenters. The molecule has 4 heteroatoms. The molecule has 2 heterocycles. The molecule has 2 aliphatic heterocycles. The Morgan fingerprint density at radius 1 is 1.50 bits per heavy atom. The molecule has 1 spiro atoms. The lowest BCUT2D eigenvalue weighted by atomic mass is 9.61. The van der Waals surface area contributed by atoms with Gasteiger partial charge in [-0.3, -0.25) is 4.79 Å². The van der Waals surface area contributed by atoms with Gasteiger partial charge in [-0.1, -0.05) is 18.6 Å². The smallest absolute Gasteiger partial charge is 0.138 e. The number of ether oxygens (including phenoxy) is 2. The fourth-order valence-electron chi connectivity index (χ4n) is 3.91. The summed E-state index contributed by atoms with van der Waals surface area (Å²) in [6, 6.07) is 0. The topological polar surface area (TPSA) is 62.4 Å². The highest BCUT2D eigenvalue weighted by Crippen LogP contribution is 2.62. The highest BCUT2D eigenvalue weighted by atomic mass is 16.7. The molecule has 3 aliphatic rings. The molecule has 20 heavy (non-hydrogen) atoms. The Bertz CT molecular complexity index is 475. The number of hydrogen-bond donors (Lipinski definition) is 1. The van der Waals surface area contributed by atoms with Crippen molar-refractivity contribution in [3.8, 4) is 0 Å². The van der Waals surface area contributed by atoms with Crippen LogP contribution in [0.4, 0.5) is 0 Å². The van der Waals surface area contributed by atoms with Crippen LogP contribution in [0.1, 0.15) is 47.0 Å². The summed E-state index contributed by atoms with van der Waals surface area (Å²) in [5.74, 6) is -0.313. The van der Waals surface area contributed by atoms with Crippen molar-refractivity contribution in [2.75, 3.05) is 6.61 Å². The van der Waals surface area contributed by atoms with Crippen molar-refractivity contribution < 1.29 is 19.4 Å². The lowest BCUT2D eigenvalue weighted by Crippen LogP contribution is -2.65. The van der Waals surface area contributed by atoms with Gasteiger partial charge in [0, 0.05) is 12.3 Å². The fraction of sp³-hybridized carbons (Fsp3) is 0.812. The Balaban J connectivity index is 1.87. The summed E-state index contributed by atoms with van der Waals surface area (Å²) in [7, 11) is 0. The predicted molar refractivity (Wildman–Crippen MR) is 74.4 cm³/mol. The second-order valence-corrected chi connectivity index (χ2v) is 6.97. The molecule has 1 aliphatic carbocycles. The van der Waals surface area contributed by atoms with Crippen LogP contribution in [-0.2, 0) is 14.3 Å². The molecule has 4 nitrogen and oxygen atoms in total. The average Bonchev–Trinajstić information content (AvgIpc) is 3.28. The number of aliphatic hydroxyl groups is 1. The first-order chi connectivity index (χ1) is 9.27. The first-order valence-electron chi connectivity index (χ1n) is 7.47. The van der Waals surface area contributed by atoms with Crippen molar-refractivity contribution in [1.29, 1.82) is 0 Å². The molecule has 112 valence electrons. The van der Waals surface area contributed by atoms with E-state index >= 15 is 0 Å². The van der Waals surface area contributed by atoms with Gasteiger partial charge in [-0.15, -0.1) is 0 Å². The molecule has 0 bridgehead atoms. The van der Waals surface area contributed by atoms with Crippen LogP contribution in [-0.4, -0.2) is 40.4 Å². The van der Waals surface area contributed by atoms with Crippen molar-refractivity contribution in [3.05, 3.63) is 11.6 Å². The zero-order valence-electron chi connectivity index (χ0n) is 12.7. The Hall–Kier alpha value is -0.710. The standard InChI is InChI=1S/C16H24O4/c1-10(2)5-6-13-14(4,20-13)16(18)11(3)12(17)7-8-15(16)9-19-15/h5,11,13,18H,6-9H2,1-4H3/t11-,13?,14+,15+,16+/m1/s1. The summed E-state index contributed by atoms with van der Waals surface area (Å²) < 4.78 is 11.5. The number of ketones is 1. The quantitative estimate of drug-likeness (QED) is 0.634. The van der Waals surface area contributed by atoms with Gasteiger partial charge >= 0.3 is 0 Å². The SMILES string of the molecule is CC(C)=CCC1O[C@]1(C)[C@@]1(O)[C@H](C)C(=O)CC[C@]12CO2. The highest BCUT2D eigenvalue weighted by molar-refractivity contribution is 5.84. The summed E-state index contributed by atoms with van der Waals surface area (Å²) in [5.41, 5.74) is -1.20. The molecule has 2 saturated heterocycles. The number of epoxide rings is 2. The van der Waals surface area contributed by atoms with E-state index in [2.05, 4.69) is 6.08 Å². The molecule has 3 rings (SSSR count). The van der Waals surface area contributed by atoms with Crippen molar-refractivity contribution in [3.63, 3.8) is 0 Å². The Kier molecular flexibility index (Phi) is 2.96. The lowest BCUT2D eigenvalue weighted by Gasteiger charge is -2.45. The van der Waals surface area contributed by atoms with Gasteiger partial charge in [-0.25, -0.2) is 0 Å². The molecule has 1 N–H and O–H groups in total. The second-order valence-electron chi connectivity index (χ2n) is 6.97. The van der Waals surface area contributed by atoms with Crippen molar-refractivity contribution in [2.24, 2.45) is 5.92 Å². The van der Waals surface area contributed by atoms with Crippen LogP contribution in [0.3, 0.4) is 0 Å². The van der Waals surface area contributed by atoms with E-state index in [1.807, 2.05) is 27.7 Å². The Morgan fingerprint density at radius 3 is 2.70 bits per heavy atom. The van der Waals surface area contributed by atoms with Gasteiger partial charge in [0.15, 0.2) is 0 Å². The Morgan fingerprint density at radius 2 is 2.15 bits per heavy atom. The number of allylic oxidation sites excluding steroid dienone is 1. The van der Waals surface area contributed by atoms with E-state index in [1.165, 1.54) is 5.57 Å². The maximum Gasteiger partial charge on any atom is 0.138 e. The summed E-state index contributed by atoms with van der Waals surface area (Å²) in [5, 5.41) is 11.3. The van der Waals surface area contributed by atoms with E-state index < -0.39 is 22.7 Å². The van der Waals surface area contributed by atoms with E-state index in [-0.39, 0.29) is 11.9 Å². The van der Waals surface area contributed by atoms with E-state index in [0.717, 1.165) is 6.42 Å². The van der Waals surface area contributed by atoms with Gasteiger partial charge in [-0.2, -0.15) is 0 Å². The molecule has 3 fully saturated rings. The van der Waals surface area contributed by atoms with E-state index in [0.29, 0.717) is 19.4 Å². The summed E-state index contributed by atoms with van der Waals surface area (Å²) in [6.45, 7) is 8.37. The van der Waals surface area contributed by atoms with Gasteiger partial charge < -0.3 is 14.6 Å². The van der Waals surface area contributed by atoms with Gasteiger partial charge in [0.2, 0.25) is 0 Å². The van der Waals surface area contributed by atoms with Gasteiger partial charge in [-0.05, 0) is 33.6 Å². The van der Waals surface area contributed by atoms with E-state index in [1.54, 1.807) is 0 Å². The van der Waals surface area contributed by atoms with Crippen LogP contribution >= 0.6 is 0 Å². The predicted octanol–water partition coefficient (Wildman–Crippen LogP) is 2.00. The number of carbonyl (C=O) groups is 1. The minimum atomic E-state index is -1.20. The third-order valence-electron chi connectivity index (χ3n) is 5.51. The zero-order valence-corrected chi connectivity index (χ0v) is 12.7. The molecule has 0 radical (unpaired) electrons. The molecular formula is C16H24O4. The maximum absolute atomic E-state index is 12.1. The lowest BCUT2D eigenvalue weighted by molar-refractivity contribution is -0.165. The van der Waals surface area contributed by atoms with Crippen LogP contribution in [0.15, 0.2) is 11.6 Å². The van der Waals surface area contributed by atoms with Crippen LogP contribution in [0.25, 0.3) is 0 Å². The van der Waals surface area contributed by atoms with Crippen LogP contribution in [0.5, 0.6) is 0 Å². The largest absolute Gasteiger partial charge is 0.383 e. The number of rotatable bonds is 3. The van der Waals surface area contributed by atoms with Crippen LogP contribution in [0.2, 0.25) is 0 Å². The molecule has 1 saturated carbocycles. The second kappa shape index (κ2) is 4.15. The van der Waals surface area contributed by atoms with Crippen LogP contribution < -0.4 is 0 Å². The molecule has 0 aromatic heterocycles. The molecular weight excluding hydrogens is 256 g/mol. The molecule has 0 amide bonds. The molecule has 0 aromatic carbocycles. The van der Waals surface area contributed by atoms with Crippen LogP contribution in [0, 0.1) is 5.92 Å². The molecule has 1 unspecified atom stereocenters. The minimum Gasteiger partial charge on any atom is -0.383 e. The normalized spacial score (nSPS) is 50.1. The number of hydrogen-bond acceptors (Lipinski definition) is 4. The average molecular weight is 280 g/mol. The number of Topliss-reactive ketones (excluding diaryl/α,β-unsaturated/α-hetero) is 1. The third kappa shape index (κ3) is 1.68. The minimum absolute atomic E-state index is 0.0307. The first kappa shape index (κ1) is 14.2. The van der Waals surface area contributed by atoms with Gasteiger partial charge in [0.1, 0.15) is 22.6 Å². The van der Waals surface area contributed by atoms with Crippen molar-refractivity contribution in [1.82, 2.24) is 0 Å². The van der Waals surface area contributed by atoms with Crippen molar-refractivity contribution in [2.45, 2.75) is 69.9 Å². The third-order valence-corrected chi connectivity index (χ3v) is 5.51. The Labute approximate surface area is 120 Å². The summed E-state index contributed by atoms with van der Waals surface area (Å²) in [4.78, 5) is 12.1. The highest BCUT2D eigenvalue weighted by Gasteiger charge is 2.79. The fourth-order valence-corrected chi connectivity index (χ4v) is 3.91. The van der Waals surface area contributed by atoms with E-state index in [4.69, 9.17) is 9.47 Å². The zero-order chi connectivity index (χ0) is 14.8. The first-order valence-corrected chi connectivity index (χ1v) is 7.47. The van der Waals surface area contributed by atoms with E-state index in [9.17, 15) is 9.90 Å². The monoisotopic (exact) mass is 280 g/mol.